The average Bonchev–Trinajstić information content (AvgIpc) is 2.90. The molecule has 0 saturated carbocycles. The molecule has 1 saturated heterocycles. The first-order chi connectivity index (χ1) is 19.1. The van der Waals surface area contributed by atoms with Crippen LogP contribution in [0.2, 0.25) is 0 Å². The van der Waals surface area contributed by atoms with E-state index in [4.69, 9.17) is 9.98 Å². The van der Waals surface area contributed by atoms with Gasteiger partial charge in [0.25, 0.3) is 0 Å². The van der Waals surface area contributed by atoms with Crippen LogP contribution in [-0.2, 0) is 0 Å². The number of aromatic nitrogens is 2. The van der Waals surface area contributed by atoms with Gasteiger partial charge in [-0.25, -0.2) is 4.98 Å². The average molecular weight is 659 g/mol. The number of halogens is 2. The van der Waals surface area contributed by atoms with Gasteiger partial charge < -0.3 is 15.2 Å². The summed E-state index contributed by atoms with van der Waals surface area (Å²) in [6.07, 6.45) is 2.09. The highest BCUT2D eigenvalue weighted by Gasteiger charge is 2.39. The lowest BCUT2D eigenvalue weighted by atomic mass is 9.79. The summed E-state index contributed by atoms with van der Waals surface area (Å²) in [5.74, 6) is 0. The van der Waals surface area contributed by atoms with Crippen molar-refractivity contribution in [1.82, 2.24) is 14.9 Å². The molecule has 1 unspecified atom stereocenters. The second kappa shape index (κ2) is 10.4. The second-order valence-electron chi connectivity index (χ2n) is 11.8. The Balaban J connectivity index is 1.61. The minimum absolute atomic E-state index is 0.0881. The molecule has 3 aromatic rings. The first kappa shape index (κ1) is 27.2. The van der Waals surface area contributed by atoms with E-state index >= 15 is 0 Å². The van der Waals surface area contributed by atoms with Crippen LogP contribution in [0.5, 0.6) is 0 Å². The van der Waals surface area contributed by atoms with Crippen LogP contribution in [0.1, 0.15) is 40.5 Å². The molecular formula is C33H33Br2N5. The van der Waals surface area contributed by atoms with E-state index in [1.807, 2.05) is 18.2 Å². The topological polar surface area (TPSA) is 54.2 Å². The highest BCUT2D eigenvalue weighted by atomic mass is 79.9. The zero-order valence-electron chi connectivity index (χ0n) is 23.2. The maximum absolute atomic E-state index is 5.45. The minimum atomic E-state index is -0.144. The fourth-order valence-electron chi connectivity index (χ4n) is 5.88. The number of fused-ring (bicyclic) bond motifs is 2. The van der Waals surface area contributed by atoms with E-state index < -0.39 is 0 Å². The summed E-state index contributed by atoms with van der Waals surface area (Å²) in [4.78, 5) is 10.5. The largest absolute Gasteiger partial charge is 0.354 e. The Kier molecular flexibility index (Phi) is 7.09. The molecule has 0 amide bonds. The molecule has 2 heterocycles. The van der Waals surface area contributed by atoms with E-state index in [0.29, 0.717) is 0 Å². The van der Waals surface area contributed by atoms with Crippen LogP contribution in [0, 0.1) is 0 Å². The number of nitrogens with one attached hydrogen (secondary N) is 2. The Hall–Kier alpha value is -3.00. The Morgan fingerprint density at radius 2 is 1.57 bits per heavy atom. The highest BCUT2D eigenvalue weighted by molar-refractivity contribution is 9.10. The number of benzene rings is 4. The van der Waals surface area contributed by atoms with E-state index in [2.05, 4.69) is 141 Å². The molecule has 1 atom stereocenters. The molecule has 2 N–H and O–H groups in total. The third-order valence-electron chi connectivity index (χ3n) is 7.74. The molecule has 3 aromatic carbocycles. The molecule has 0 bridgehead atoms. The summed E-state index contributed by atoms with van der Waals surface area (Å²) in [7, 11) is 0. The Labute approximate surface area is 252 Å². The summed E-state index contributed by atoms with van der Waals surface area (Å²) in [6.45, 7) is 9.09. The van der Waals surface area contributed by atoms with Crippen LogP contribution >= 0.6 is 31.9 Å². The van der Waals surface area contributed by atoms with Crippen LogP contribution in [0.3, 0.4) is 0 Å². The molecule has 6 rings (SSSR count). The molecule has 2 aliphatic heterocycles. The van der Waals surface area contributed by atoms with E-state index in [1.165, 1.54) is 0 Å². The summed E-state index contributed by atoms with van der Waals surface area (Å²) in [6, 6.07) is 29.4. The Morgan fingerprint density at radius 3 is 2.27 bits per heavy atom. The predicted octanol–water partition coefficient (Wildman–Crippen LogP) is 8.61. The lowest BCUT2D eigenvalue weighted by Crippen LogP contribution is -2.61. The van der Waals surface area contributed by atoms with Gasteiger partial charge in [0, 0.05) is 31.4 Å². The normalized spacial score (nSPS) is 18.8. The molecule has 7 heteroatoms. The summed E-state index contributed by atoms with van der Waals surface area (Å²) >= 11 is 7.15. The number of nitrogens with zero attached hydrogens (tertiary/aromatic N) is 3. The molecule has 0 radical (unpaired) electrons. The number of rotatable bonds is 4. The van der Waals surface area contributed by atoms with Crippen molar-refractivity contribution >= 4 is 54.3 Å². The van der Waals surface area contributed by atoms with Crippen molar-refractivity contribution in [1.29, 1.82) is 0 Å². The van der Waals surface area contributed by atoms with Crippen molar-refractivity contribution in [2.24, 2.45) is 4.99 Å². The van der Waals surface area contributed by atoms with Crippen molar-refractivity contribution in [2.75, 3.05) is 5.32 Å². The summed E-state index contributed by atoms with van der Waals surface area (Å²) < 4.78 is 4.38. The number of para-hydroxylation sites is 2. The van der Waals surface area contributed by atoms with Crippen LogP contribution in [0.25, 0.3) is 28.1 Å². The SMILES string of the molecule is CC1(C)CCC(N=c2cc3n(-c4ccc(Br)cc4)c4ccccc4nc-3cc2Nc2ccc(Br)cc2)C(C)(C)N1. The quantitative estimate of drug-likeness (QED) is 0.190. The molecule has 40 heavy (non-hydrogen) atoms. The predicted molar refractivity (Wildman–Crippen MR) is 173 cm³/mol. The molecule has 1 fully saturated rings. The van der Waals surface area contributed by atoms with Crippen LogP contribution in [-0.4, -0.2) is 26.7 Å². The zero-order valence-corrected chi connectivity index (χ0v) is 26.3. The van der Waals surface area contributed by atoms with Crippen molar-refractivity contribution in [3.05, 3.63) is 99.2 Å². The third-order valence-corrected chi connectivity index (χ3v) is 8.79. The maximum Gasteiger partial charge on any atom is 0.0900 e. The smallest absolute Gasteiger partial charge is 0.0900 e. The summed E-state index contributed by atoms with van der Waals surface area (Å²) in [5.41, 5.74) is 6.89. The van der Waals surface area contributed by atoms with Gasteiger partial charge in [-0.05, 0) is 113 Å². The van der Waals surface area contributed by atoms with Crippen molar-refractivity contribution in [3.8, 4) is 17.1 Å². The number of hydrogen-bond acceptors (Lipinski definition) is 4. The van der Waals surface area contributed by atoms with Crippen molar-refractivity contribution in [2.45, 2.75) is 57.7 Å². The van der Waals surface area contributed by atoms with Gasteiger partial charge in [0.2, 0.25) is 0 Å². The Morgan fingerprint density at radius 1 is 0.900 bits per heavy atom. The van der Waals surface area contributed by atoms with E-state index in [9.17, 15) is 0 Å². The number of anilines is 2. The fraction of sp³-hybridized carbons (Fsp3) is 0.273. The van der Waals surface area contributed by atoms with Gasteiger partial charge in [-0.15, -0.1) is 0 Å². The van der Waals surface area contributed by atoms with Crippen LogP contribution in [0.4, 0.5) is 11.4 Å². The van der Waals surface area contributed by atoms with Gasteiger partial charge in [0.05, 0.1) is 39.5 Å². The first-order valence-electron chi connectivity index (χ1n) is 13.7. The van der Waals surface area contributed by atoms with Gasteiger partial charge in [0.15, 0.2) is 0 Å². The standard InChI is InChI=1S/C33H33Br2N5/c1-32(2)18-17-31(33(3,4)39-32)38-27-20-30-28(19-26(27)36-23-13-9-21(34)10-14-23)37-25-7-5-6-8-29(25)40(30)24-15-11-22(35)12-16-24/h5-16,19-20,31,36,39H,17-18H2,1-4H3. The molecule has 3 aliphatic rings. The fourth-order valence-corrected chi connectivity index (χ4v) is 6.40. The molecule has 1 aliphatic carbocycles. The summed E-state index contributed by atoms with van der Waals surface area (Å²) in [5, 5.41) is 8.42. The molecule has 0 spiro atoms. The van der Waals surface area contributed by atoms with Gasteiger partial charge in [-0.1, -0.05) is 44.0 Å². The van der Waals surface area contributed by atoms with E-state index in [1.54, 1.807) is 0 Å². The van der Waals surface area contributed by atoms with E-state index in [0.717, 1.165) is 66.6 Å². The third kappa shape index (κ3) is 5.47. The second-order valence-corrected chi connectivity index (χ2v) is 13.6. The number of piperidine rings is 1. The first-order valence-corrected chi connectivity index (χ1v) is 15.2. The van der Waals surface area contributed by atoms with Crippen LogP contribution in [0.15, 0.2) is 98.9 Å². The minimum Gasteiger partial charge on any atom is -0.354 e. The molecule has 0 aromatic heterocycles. The van der Waals surface area contributed by atoms with Crippen molar-refractivity contribution < 1.29 is 0 Å². The highest BCUT2D eigenvalue weighted by Crippen LogP contribution is 2.33. The molecular weight excluding hydrogens is 626 g/mol. The van der Waals surface area contributed by atoms with Gasteiger partial charge in [-0.3, -0.25) is 4.99 Å². The maximum atomic E-state index is 5.45. The van der Waals surface area contributed by atoms with Gasteiger partial charge in [-0.2, -0.15) is 0 Å². The van der Waals surface area contributed by atoms with E-state index in [-0.39, 0.29) is 17.1 Å². The van der Waals surface area contributed by atoms with Gasteiger partial charge in [0.1, 0.15) is 0 Å². The lowest BCUT2D eigenvalue weighted by molar-refractivity contribution is 0.156. The number of hydrogen-bond donors (Lipinski definition) is 2. The molecule has 5 nitrogen and oxygen atoms in total. The lowest BCUT2D eigenvalue weighted by Gasteiger charge is -2.46. The van der Waals surface area contributed by atoms with Crippen molar-refractivity contribution in [3.63, 3.8) is 0 Å². The van der Waals surface area contributed by atoms with Gasteiger partial charge >= 0.3 is 0 Å². The monoisotopic (exact) mass is 657 g/mol. The Bertz CT molecular complexity index is 1720. The zero-order chi connectivity index (χ0) is 28.1. The van der Waals surface area contributed by atoms with Crippen LogP contribution < -0.4 is 16.0 Å². The molecule has 204 valence electrons.